The second kappa shape index (κ2) is 6.63. The molecule has 2 rings (SSSR count). The van der Waals surface area contributed by atoms with E-state index in [0.29, 0.717) is 4.90 Å². The van der Waals surface area contributed by atoms with Crippen molar-refractivity contribution in [2.24, 2.45) is 0 Å². The second-order valence-electron chi connectivity index (χ2n) is 5.60. The number of carbonyl (C=O) groups excluding carboxylic acids is 1. The number of ether oxygens (including phenoxy) is 1. The lowest BCUT2D eigenvalue weighted by Gasteiger charge is -2.17. The first-order valence-corrected chi connectivity index (χ1v) is 8.31. The van der Waals surface area contributed by atoms with Crippen LogP contribution >= 0.6 is 0 Å². The molecule has 1 aromatic rings. The Morgan fingerprint density at radius 1 is 1.52 bits per heavy atom. The van der Waals surface area contributed by atoms with E-state index in [1.807, 2.05) is 6.92 Å². The molecule has 1 aliphatic rings. The van der Waals surface area contributed by atoms with Crippen molar-refractivity contribution in [2.75, 3.05) is 18.6 Å². The summed E-state index contributed by atoms with van der Waals surface area (Å²) in [5.74, 6) is 0. The molecule has 1 unspecified atom stereocenters. The molecule has 0 radical (unpaired) electrons. The zero-order valence-electron chi connectivity index (χ0n) is 13.2. The Bertz CT molecular complexity index is 660. The molecule has 1 atom stereocenters. The Morgan fingerprint density at radius 3 is 2.70 bits per heavy atom. The van der Waals surface area contributed by atoms with Crippen molar-refractivity contribution >= 4 is 28.5 Å². The van der Waals surface area contributed by atoms with Crippen LogP contribution in [0.5, 0.6) is 0 Å². The van der Waals surface area contributed by atoms with Gasteiger partial charge >= 0.3 is 6.09 Å². The number of nitro benzene ring substituents is 1. The molecule has 1 N–H and O–H groups in total. The summed E-state index contributed by atoms with van der Waals surface area (Å²) in [5, 5.41) is 11.3. The van der Waals surface area contributed by atoms with Gasteiger partial charge in [0.25, 0.3) is 5.69 Å². The maximum atomic E-state index is 12.3. The Labute approximate surface area is 136 Å². The fourth-order valence-electron chi connectivity index (χ4n) is 1.94. The largest absolute Gasteiger partial charge is 0.449 e. The number of anilines is 1. The quantitative estimate of drug-likeness (QED) is 0.632. The zero-order valence-corrected chi connectivity index (χ0v) is 14.0. The van der Waals surface area contributed by atoms with Gasteiger partial charge in [-0.1, -0.05) is 0 Å². The van der Waals surface area contributed by atoms with E-state index in [9.17, 15) is 19.1 Å². The molecule has 0 aromatic heterocycles. The molecule has 1 saturated carbocycles. The highest BCUT2D eigenvalue weighted by molar-refractivity contribution is 7.83. The number of nitro groups is 1. The van der Waals surface area contributed by atoms with Gasteiger partial charge in [0.2, 0.25) is 0 Å². The van der Waals surface area contributed by atoms with Gasteiger partial charge < -0.3 is 4.74 Å². The van der Waals surface area contributed by atoms with Crippen LogP contribution in [0.1, 0.15) is 26.7 Å². The second-order valence-corrected chi connectivity index (χ2v) is 6.81. The van der Waals surface area contributed by atoms with E-state index in [1.165, 1.54) is 25.2 Å². The summed E-state index contributed by atoms with van der Waals surface area (Å²) in [6.07, 6.45) is 1.16. The van der Waals surface area contributed by atoms with E-state index in [-0.39, 0.29) is 23.5 Å². The van der Waals surface area contributed by atoms with Crippen LogP contribution in [0.3, 0.4) is 0 Å². The van der Waals surface area contributed by atoms with Gasteiger partial charge in [0.1, 0.15) is 16.7 Å². The molecule has 1 amide bonds. The molecule has 0 spiro atoms. The zero-order chi connectivity index (χ0) is 17.2. The third kappa shape index (κ3) is 4.05. The first-order valence-electron chi connectivity index (χ1n) is 7.16. The van der Waals surface area contributed by atoms with Crippen LogP contribution in [0.2, 0.25) is 0 Å². The number of hydrogen-bond acceptors (Lipinski definition) is 5. The smallest absolute Gasteiger partial charge is 0.414 e. The van der Waals surface area contributed by atoms with Gasteiger partial charge in [0, 0.05) is 18.7 Å². The summed E-state index contributed by atoms with van der Waals surface area (Å²) >= 11 is 0. The van der Waals surface area contributed by atoms with Gasteiger partial charge in [-0.15, -0.1) is 0 Å². The van der Waals surface area contributed by atoms with E-state index in [2.05, 4.69) is 4.72 Å². The lowest BCUT2D eigenvalue weighted by atomic mass is 10.2. The Kier molecular flexibility index (Phi) is 5.00. The fraction of sp³-hybridized carbons (Fsp3) is 0.500. The van der Waals surface area contributed by atoms with E-state index in [4.69, 9.17) is 4.74 Å². The molecule has 0 saturated heterocycles. The summed E-state index contributed by atoms with van der Waals surface area (Å²) in [6.45, 7) is 3.76. The predicted molar refractivity (Wildman–Crippen MR) is 85.7 cm³/mol. The highest BCUT2D eigenvalue weighted by Gasteiger charge is 2.39. The third-order valence-corrected chi connectivity index (χ3v) is 4.96. The highest BCUT2D eigenvalue weighted by Crippen LogP contribution is 2.36. The van der Waals surface area contributed by atoms with Gasteiger partial charge in [-0.25, -0.2) is 13.7 Å². The molecular weight excluding hydrogens is 322 g/mol. The molecule has 0 heterocycles. The first-order chi connectivity index (χ1) is 10.8. The number of nitrogens with zero attached hydrogens (tertiary/aromatic N) is 2. The molecule has 0 bridgehead atoms. The Balaban J connectivity index is 2.29. The average Bonchev–Trinajstić information content (AvgIpc) is 3.23. The van der Waals surface area contributed by atoms with Crippen LogP contribution in [0.25, 0.3) is 0 Å². The SMILES string of the molecule is CCOC(=O)N(C)c1ccc(S(=O)NC2(C)CC2)cc1[N+](=O)[O-]. The van der Waals surface area contributed by atoms with Crippen LogP contribution < -0.4 is 9.62 Å². The standard InChI is InChI=1S/C14H19N3O5S/c1-4-22-13(18)16(3)11-6-5-10(9-12(11)17(19)20)23(21)15-14(2)7-8-14/h5-6,9,15H,4,7-8H2,1-3H3. The minimum absolute atomic E-state index is 0.0897. The summed E-state index contributed by atoms with van der Waals surface area (Å²) < 4.78 is 20.1. The molecule has 23 heavy (non-hydrogen) atoms. The molecule has 126 valence electrons. The number of carbonyl (C=O) groups is 1. The molecule has 8 nitrogen and oxygen atoms in total. The van der Waals surface area contributed by atoms with Gasteiger partial charge in [-0.3, -0.25) is 15.0 Å². The molecule has 1 aliphatic carbocycles. The van der Waals surface area contributed by atoms with E-state index in [0.717, 1.165) is 17.7 Å². The lowest BCUT2D eigenvalue weighted by Crippen LogP contribution is -2.30. The Hall–Kier alpha value is -2.00. The van der Waals surface area contributed by atoms with Gasteiger partial charge in [-0.05, 0) is 38.8 Å². The predicted octanol–water partition coefficient (Wildman–Crippen LogP) is 2.35. The van der Waals surface area contributed by atoms with Crippen molar-refractivity contribution in [3.8, 4) is 0 Å². The van der Waals surface area contributed by atoms with Crippen molar-refractivity contribution < 1.29 is 18.7 Å². The van der Waals surface area contributed by atoms with Crippen LogP contribution in [0.15, 0.2) is 23.1 Å². The van der Waals surface area contributed by atoms with Crippen molar-refractivity contribution in [1.82, 2.24) is 4.72 Å². The monoisotopic (exact) mass is 341 g/mol. The van der Waals surface area contributed by atoms with Crippen LogP contribution in [0, 0.1) is 10.1 Å². The summed E-state index contributed by atoms with van der Waals surface area (Å²) in [7, 11) is -0.153. The molecule has 9 heteroatoms. The van der Waals surface area contributed by atoms with E-state index in [1.54, 1.807) is 6.92 Å². The number of nitrogens with one attached hydrogen (secondary N) is 1. The third-order valence-electron chi connectivity index (χ3n) is 3.60. The maximum Gasteiger partial charge on any atom is 0.414 e. The summed E-state index contributed by atoms with van der Waals surface area (Å²) in [5.41, 5.74) is -0.374. The highest BCUT2D eigenvalue weighted by atomic mass is 32.2. The van der Waals surface area contributed by atoms with Crippen molar-refractivity contribution in [3.05, 3.63) is 28.3 Å². The molecule has 0 aliphatic heterocycles. The van der Waals surface area contributed by atoms with E-state index < -0.39 is 22.0 Å². The van der Waals surface area contributed by atoms with Crippen molar-refractivity contribution in [2.45, 2.75) is 37.1 Å². The fourth-order valence-corrected chi connectivity index (χ4v) is 3.12. The minimum Gasteiger partial charge on any atom is -0.449 e. The van der Waals surface area contributed by atoms with Gasteiger partial charge in [0.15, 0.2) is 0 Å². The van der Waals surface area contributed by atoms with Crippen molar-refractivity contribution in [1.29, 1.82) is 0 Å². The number of amides is 1. The first kappa shape index (κ1) is 17.4. The number of hydrogen-bond donors (Lipinski definition) is 1. The van der Waals surface area contributed by atoms with Gasteiger partial charge in [0.05, 0.1) is 16.4 Å². The number of rotatable bonds is 6. The average molecular weight is 341 g/mol. The van der Waals surface area contributed by atoms with Crippen molar-refractivity contribution in [3.63, 3.8) is 0 Å². The molecule has 1 fully saturated rings. The lowest BCUT2D eigenvalue weighted by molar-refractivity contribution is -0.384. The summed E-state index contributed by atoms with van der Waals surface area (Å²) in [6, 6.07) is 4.13. The maximum absolute atomic E-state index is 12.3. The topological polar surface area (TPSA) is 102 Å². The summed E-state index contributed by atoms with van der Waals surface area (Å²) in [4.78, 5) is 23.8. The normalized spacial score (nSPS) is 16.5. The van der Waals surface area contributed by atoms with Crippen LogP contribution in [0.4, 0.5) is 16.2 Å². The molecular formula is C14H19N3O5S. The number of benzene rings is 1. The van der Waals surface area contributed by atoms with E-state index >= 15 is 0 Å². The van der Waals surface area contributed by atoms with Crippen LogP contribution in [-0.2, 0) is 15.7 Å². The van der Waals surface area contributed by atoms with Gasteiger partial charge in [-0.2, -0.15) is 0 Å². The Morgan fingerprint density at radius 2 is 2.17 bits per heavy atom. The minimum atomic E-state index is -1.54. The molecule has 1 aromatic carbocycles. The van der Waals surface area contributed by atoms with Crippen LogP contribution in [-0.4, -0.2) is 34.4 Å².